The molecule has 0 aliphatic carbocycles. The van der Waals surface area contributed by atoms with Gasteiger partial charge in [-0.05, 0) is 24.0 Å². The summed E-state index contributed by atoms with van der Waals surface area (Å²) in [6, 6.07) is 22.0. The first-order valence-corrected chi connectivity index (χ1v) is 9.64. The molecule has 0 radical (unpaired) electrons. The molecule has 2 N–H and O–H groups in total. The van der Waals surface area contributed by atoms with E-state index in [1.54, 1.807) is 0 Å². The molecule has 2 aromatic carbocycles. The molecule has 2 saturated heterocycles. The maximum absolute atomic E-state index is 6.13. The van der Waals surface area contributed by atoms with E-state index in [1.165, 1.54) is 11.1 Å². The third-order valence-electron chi connectivity index (χ3n) is 5.30. The fourth-order valence-corrected chi connectivity index (χ4v) is 3.82. The molecule has 0 unspecified atom stereocenters. The number of hydrogen-bond acceptors (Lipinski definition) is 4. The Morgan fingerprint density at radius 1 is 0.654 bits per heavy atom. The first kappa shape index (κ1) is 17.7. The van der Waals surface area contributed by atoms with Crippen LogP contribution in [0.4, 0.5) is 0 Å². The van der Waals surface area contributed by atoms with Crippen molar-refractivity contribution in [1.29, 1.82) is 0 Å². The van der Waals surface area contributed by atoms with Gasteiger partial charge < -0.3 is 20.1 Å². The summed E-state index contributed by atoms with van der Waals surface area (Å²) in [4.78, 5) is 0. The van der Waals surface area contributed by atoms with E-state index in [0.29, 0.717) is 12.1 Å². The highest BCUT2D eigenvalue weighted by Gasteiger charge is 2.32. The summed E-state index contributed by atoms with van der Waals surface area (Å²) in [7, 11) is 0. The number of nitrogens with one attached hydrogen (secondary N) is 2. The average molecular weight is 352 g/mol. The van der Waals surface area contributed by atoms with Crippen LogP contribution in [0.5, 0.6) is 0 Å². The van der Waals surface area contributed by atoms with E-state index in [2.05, 4.69) is 71.3 Å². The van der Waals surface area contributed by atoms with Crippen molar-refractivity contribution in [2.45, 2.75) is 37.1 Å². The summed E-state index contributed by atoms with van der Waals surface area (Å²) < 4.78 is 12.3. The molecule has 26 heavy (non-hydrogen) atoms. The Kier molecular flexibility index (Phi) is 5.97. The molecule has 2 aromatic rings. The lowest BCUT2D eigenvalue weighted by molar-refractivity contribution is -0.111. The Hall–Kier alpha value is -1.72. The quantitative estimate of drug-likeness (QED) is 0.866. The first-order valence-electron chi connectivity index (χ1n) is 9.64. The largest absolute Gasteiger partial charge is 0.373 e. The van der Waals surface area contributed by atoms with Gasteiger partial charge in [-0.3, -0.25) is 0 Å². The van der Waals surface area contributed by atoms with E-state index >= 15 is 0 Å². The van der Waals surface area contributed by atoms with Gasteiger partial charge in [0.1, 0.15) is 0 Å². The van der Waals surface area contributed by atoms with Crippen LogP contribution in [0.25, 0.3) is 0 Å². The van der Waals surface area contributed by atoms with Gasteiger partial charge in [0.25, 0.3) is 0 Å². The normalized spacial score (nSPS) is 29.4. The van der Waals surface area contributed by atoms with E-state index in [1.807, 2.05) is 0 Å². The predicted molar refractivity (Wildman–Crippen MR) is 103 cm³/mol. The Morgan fingerprint density at radius 2 is 1.08 bits per heavy atom. The minimum absolute atomic E-state index is 0.132. The molecule has 4 rings (SSSR count). The third kappa shape index (κ3) is 4.71. The van der Waals surface area contributed by atoms with Gasteiger partial charge in [-0.2, -0.15) is 0 Å². The maximum Gasteiger partial charge on any atom is 0.0974 e. The standard InChI is InChI=1S/C22H28N2O2/c1-3-7-17(8-4-1)11-19-15-25-21(13-23-19)22-14-24-20(16-26-22)12-18-9-5-2-6-10-18/h1-10,19-24H,11-16H2/t19-,20-,21-,22-/m0/s1. The molecule has 2 heterocycles. The fraction of sp³-hybridized carbons (Fsp3) is 0.455. The van der Waals surface area contributed by atoms with Crippen LogP contribution in [-0.4, -0.2) is 50.6 Å². The number of morpholine rings is 2. The van der Waals surface area contributed by atoms with E-state index in [0.717, 1.165) is 39.1 Å². The van der Waals surface area contributed by atoms with Crippen LogP contribution in [0.3, 0.4) is 0 Å². The third-order valence-corrected chi connectivity index (χ3v) is 5.30. The van der Waals surface area contributed by atoms with Crippen LogP contribution in [0.2, 0.25) is 0 Å². The second-order valence-electron chi connectivity index (χ2n) is 7.33. The van der Waals surface area contributed by atoms with Gasteiger partial charge in [-0.25, -0.2) is 0 Å². The molecule has 0 aromatic heterocycles. The van der Waals surface area contributed by atoms with Crippen molar-refractivity contribution in [1.82, 2.24) is 10.6 Å². The molecule has 0 spiro atoms. The molecule has 0 amide bonds. The van der Waals surface area contributed by atoms with Crippen LogP contribution >= 0.6 is 0 Å². The Balaban J connectivity index is 1.20. The number of benzene rings is 2. The zero-order valence-corrected chi connectivity index (χ0v) is 15.1. The summed E-state index contributed by atoms with van der Waals surface area (Å²) in [5.41, 5.74) is 2.71. The monoisotopic (exact) mass is 352 g/mol. The second-order valence-corrected chi connectivity index (χ2v) is 7.33. The number of ether oxygens (including phenoxy) is 2. The SMILES string of the molecule is c1ccc(C[C@H]2CO[C@H]([C@@H]3CN[C@@H](Cc4ccccc4)CO3)CN2)cc1. The van der Waals surface area contributed by atoms with Gasteiger partial charge in [0.2, 0.25) is 0 Å². The molecule has 2 aliphatic rings. The van der Waals surface area contributed by atoms with Gasteiger partial charge in [-0.1, -0.05) is 60.7 Å². The molecule has 4 heteroatoms. The maximum atomic E-state index is 6.13. The van der Waals surface area contributed by atoms with E-state index in [9.17, 15) is 0 Å². The van der Waals surface area contributed by atoms with Crippen molar-refractivity contribution in [3.63, 3.8) is 0 Å². The molecule has 0 saturated carbocycles. The van der Waals surface area contributed by atoms with Crippen molar-refractivity contribution >= 4 is 0 Å². The second kappa shape index (κ2) is 8.78. The molecule has 4 atom stereocenters. The van der Waals surface area contributed by atoms with Crippen molar-refractivity contribution in [3.05, 3.63) is 71.8 Å². The van der Waals surface area contributed by atoms with Crippen LogP contribution in [-0.2, 0) is 22.3 Å². The van der Waals surface area contributed by atoms with Gasteiger partial charge in [-0.15, -0.1) is 0 Å². The summed E-state index contributed by atoms with van der Waals surface area (Å²) >= 11 is 0. The minimum atomic E-state index is 0.132. The lowest BCUT2D eigenvalue weighted by atomic mass is 10.0. The van der Waals surface area contributed by atoms with E-state index < -0.39 is 0 Å². The van der Waals surface area contributed by atoms with Crippen LogP contribution < -0.4 is 10.6 Å². The molecule has 2 fully saturated rings. The zero-order chi connectivity index (χ0) is 17.6. The Morgan fingerprint density at radius 3 is 1.42 bits per heavy atom. The molecular weight excluding hydrogens is 324 g/mol. The van der Waals surface area contributed by atoms with Gasteiger partial charge in [0, 0.05) is 25.2 Å². The fourth-order valence-electron chi connectivity index (χ4n) is 3.82. The molecule has 0 bridgehead atoms. The van der Waals surface area contributed by atoms with Crippen molar-refractivity contribution in [2.75, 3.05) is 26.3 Å². The summed E-state index contributed by atoms with van der Waals surface area (Å²) in [5, 5.41) is 7.27. The summed E-state index contributed by atoms with van der Waals surface area (Å²) in [6.07, 6.45) is 2.28. The lowest BCUT2D eigenvalue weighted by Gasteiger charge is -2.38. The molecule has 4 nitrogen and oxygen atoms in total. The number of hydrogen-bond donors (Lipinski definition) is 2. The van der Waals surface area contributed by atoms with Gasteiger partial charge in [0.05, 0.1) is 25.4 Å². The zero-order valence-electron chi connectivity index (χ0n) is 15.1. The van der Waals surface area contributed by atoms with Crippen LogP contribution in [0.1, 0.15) is 11.1 Å². The first-order chi connectivity index (χ1) is 12.9. The Labute approximate surface area is 155 Å². The lowest BCUT2D eigenvalue weighted by Crippen LogP contribution is -2.58. The van der Waals surface area contributed by atoms with E-state index in [-0.39, 0.29) is 12.2 Å². The van der Waals surface area contributed by atoms with Crippen molar-refractivity contribution < 1.29 is 9.47 Å². The molecule has 2 aliphatic heterocycles. The summed E-state index contributed by atoms with van der Waals surface area (Å²) in [6.45, 7) is 3.19. The highest BCUT2D eigenvalue weighted by atomic mass is 16.5. The van der Waals surface area contributed by atoms with E-state index in [4.69, 9.17) is 9.47 Å². The highest BCUT2D eigenvalue weighted by Crippen LogP contribution is 2.16. The van der Waals surface area contributed by atoms with Gasteiger partial charge >= 0.3 is 0 Å². The van der Waals surface area contributed by atoms with Crippen molar-refractivity contribution in [3.8, 4) is 0 Å². The Bertz CT molecular complexity index is 589. The molecule has 138 valence electrons. The predicted octanol–water partition coefficient (Wildman–Crippen LogP) is 2.19. The van der Waals surface area contributed by atoms with Crippen molar-refractivity contribution in [2.24, 2.45) is 0 Å². The van der Waals surface area contributed by atoms with Crippen LogP contribution in [0, 0.1) is 0 Å². The average Bonchev–Trinajstić information content (AvgIpc) is 2.71. The van der Waals surface area contributed by atoms with Gasteiger partial charge in [0.15, 0.2) is 0 Å². The molecular formula is C22H28N2O2. The minimum Gasteiger partial charge on any atom is -0.373 e. The number of rotatable bonds is 5. The topological polar surface area (TPSA) is 42.5 Å². The smallest absolute Gasteiger partial charge is 0.0974 e. The highest BCUT2D eigenvalue weighted by molar-refractivity contribution is 5.17. The van der Waals surface area contributed by atoms with Crippen LogP contribution in [0.15, 0.2) is 60.7 Å². The summed E-state index contributed by atoms with van der Waals surface area (Å²) in [5.74, 6) is 0.